The van der Waals surface area contributed by atoms with E-state index in [1.54, 1.807) is 6.07 Å². The van der Waals surface area contributed by atoms with E-state index in [-0.39, 0.29) is 17.0 Å². The topological polar surface area (TPSA) is 86.0 Å². The average molecular weight is 292 g/mol. The third kappa shape index (κ3) is 2.01. The Balaban J connectivity index is 1.88. The van der Waals surface area contributed by atoms with Crippen molar-refractivity contribution in [2.75, 3.05) is 5.32 Å². The molecule has 1 heterocycles. The SMILES string of the molecule is N#Cc1ccnc(NC2C3CCC(C3)C2C(=O)O)c1Cl. The maximum absolute atomic E-state index is 11.5. The third-order valence-corrected chi connectivity index (χ3v) is 4.90. The summed E-state index contributed by atoms with van der Waals surface area (Å²) in [4.78, 5) is 15.6. The van der Waals surface area contributed by atoms with Gasteiger partial charge in [0.25, 0.3) is 0 Å². The van der Waals surface area contributed by atoms with Crippen LogP contribution < -0.4 is 5.32 Å². The zero-order chi connectivity index (χ0) is 14.3. The molecule has 0 radical (unpaired) electrons. The van der Waals surface area contributed by atoms with Gasteiger partial charge in [0.05, 0.1) is 11.5 Å². The van der Waals surface area contributed by atoms with Crippen LogP contribution >= 0.6 is 11.6 Å². The number of halogens is 1. The molecule has 0 aliphatic heterocycles. The van der Waals surface area contributed by atoms with Gasteiger partial charge in [0, 0.05) is 12.2 Å². The number of nitrogens with one attached hydrogen (secondary N) is 1. The van der Waals surface area contributed by atoms with Gasteiger partial charge in [0.2, 0.25) is 0 Å². The van der Waals surface area contributed by atoms with E-state index in [9.17, 15) is 9.90 Å². The van der Waals surface area contributed by atoms with Gasteiger partial charge in [-0.05, 0) is 37.2 Å². The summed E-state index contributed by atoms with van der Waals surface area (Å²) in [5, 5.41) is 21.8. The predicted octanol–water partition coefficient (Wildman–Crippen LogP) is 2.52. The lowest BCUT2D eigenvalue weighted by molar-refractivity contribution is -0.143. The van der Waals surface area contributed by atoms with Crippen LogP contribution in [0.2, 0.25) is 5.02 Å². The van der Waals surface area contributed by atoms with Crippen molar-refractivity contribution in [2.45, 2.75) is 25.3 Å². The first-order valence-electron chi connectivity index (χ1n) is 6.65. The van der Waals surface area contributed by atoms with Gasteiger partial charge in [-0.1, -0.05) is 11.6 Å². The summed E-state index contributed by atoms with van der Waals surface area (Å²) in [6.07, 6.45) is 4.49. The van der Waals surface area contributed by atoms with Crippen molar-refractivity contribution in [3.8, 4) is 6.07 Å². The van der Waals surface area contributed by atoms with E-state index in [0.717, 1.165) is 19.3 Å². The normalized spacial score (nSPS) is 31.0. The minimum Gasteiger partial charge on any atom is -0.481 e. The Kier molecular flexibility index (Phi) is 3.27. The lowest BCUT2D eigenvalue weighted by Gasteiger charge is -2.29. The molecule has 3 rings (SSSR count). The van der Waals surface area contributed by atoms with Crippen LogP contribution in [0.1, 0.15) is 24.8 Å². The summed E-state index contributed by atoms with van der Waals surface area (Å²) in [5.74, 6) is -0.147. The van der Waals surface area contributed by atoms with Crippen LogP contribution in [0.5, 0.6) is 0 Å². The second-order valence-electron chi connectivity index (χ2n) is 5.50. The minimum atomic E-state index is -0.762. The van der Waals surface area contributed by atoms with E-state index >= 15 is 0 Å². The predicted molar refractivity (Wildman–Crippen MR) is 73.3 cm³/mol. The van der Waals surface area contributed by atoms with Crippen LogP contribution in [-0.2, 0) is 4.79 Å². The Hall–Kier alpha value is -1.80. The standard InChI is InChI=1S/C14H14ClN3O2/c15-11-9(6-16)3-4-17-13(11)18-12-8-2-1-7(5-8)10(12)14(19)20/h3-4,7-8,10,12H,1-2,5H2,(H,17,18)(H,19,20). The molecule has 6 heteroatoms. The molecule has 4 unspecified atom stereocenters. The fourth-order valence-electron chi connectivity index (χ4n) is 3.64. The first-order valence-corrected chi connectivity index (χ1v) is 7.03. The Labute approximate surface area is 121 Å². The summed E-state index contributed by atoms with van der Waals surface area (Å²) in [7, 11) is 0. The number of nitriles is 1. The fourth-order valence-corrected chi connectivity index (χ4v) is 3.85. The van der Waals surface area contributed by atoms with Crippen LogP contribution in [0.3, 0.4) is 0 Å². The molecule has 20 heavy (non-hydrogen) atoms. The molecule has 0 aromatic carbocycles. The fraction of sp³-hybridized carbons (Fsp3) is 0.500. The number of carboxylic acids is 1. The van der Waals surface area contributed by atoms with E-state index in [1.807, 2.05) is 6.07 Å². The Morgan fingerprint density at radius 2 is 2.25 bits per heavy atom. The number of rotatable bonds is 3. The molecule has 2 fully saturated rings. The van der Waals surface area contributed by atoms with Gasteiger partial charge in [-0.3, -0.25) is 4.79 Å². The number of pyridine rings is 1. The highest BCUT2D eigenvalue weighted by Gasteiger charge is 2.51. The molecule has 2 aliphatic carbocycles. The van der Waals surface area contributed by atoms with E-state index in [0.29, 0.717) is 17.3 Å². The van der Waals surface area contributed by atoms with E-state index < -0.39 is 11.9 Å². The first-order chi connectivity index (χ1) is 9.61. The van der Waals surface area contributed by atoms with Crippen molar-refractivity contribution in [3.63, 3.8) is 0 Å². The van der Waals surface area contributed by atoms with Crippen LogP contribution in [0, 0.1) is 29.1 Å². The number of carboxylic acid groups (broad SMARTS) is 1. The first kappa shape index (κ1) is 13.2. The summed E-state index contributed by atoms with van der Waals surface area (Å²) in [5.41, 5.74) is 0.346. The number of hydrogen-bond donors (Lipinski definition) is 2. The van der Waals surface area contributed by atoms with Crippen LogP contribution in [0.25, 0.3) is 0 Å². The quantitative estimate of drug-likeness (QED) is 0.893. The third-order valence-electron chi connectivity index (χ3n) is 4.51. The van der Waals surface area contributed by atoms with Crippen molar-refractivity contribution in [1.29, 1.82) is 5.26 Å². The molecule has 4 atom stereocenters. The number of fused-ring (bicyclic) bond motifs is 2. The number of hydrogen-bond acceptors (Lipinski definition) is 4. The molecule has 2 saturated carbocycles. The van der Waals surface area contributed by atoms with Gasteiger partial charge < -0.3 is 10.4 Å². The molecule has 0 spiro atoms. The molecule has 104 valence electrons. The Bertz CT molecular complexity index is 599. The molecular weight excluding hydrogens is 278 g/mol. The van der Waals surface area contributed by atoms with Crippen LogP contribution in [0.4, 0.5) is 5.82 Å². The second-order valence-corrected chi connectivity index (χ2v) is 5.88. The lowest BCUT2D eigenvalue weighted by atomic mass is 9.84. The van der Waals surface area contributed by atoms with Gasteiger partial charge >= 0.3 is 5.97 Å². The molecular formula is C14H14ClN3O2. The highest BCUT2D eigenvalue weighted by Crippen LogP contribution is 2.49. The second kappa shape index (κ2) is 4.95. The van der Waals surface area contributed by atoms with Gasteiger partial charge in [0.15, 0.2) is 0 Å². The summed E-state index contributed by atoms with van der Waals surface area (Å²) >= 11 is 6.12. The van der Waals surface area contributed by atoms with E-state index in [1.165, 1.54) is 6.20 Å². The van der Waals surface area contributed by atoms with Crippen molar-refractivity contribution in [1.82, 2.24) is 4.98 Å². The largest absolute Gasteiger partial charge is 0.481 e. The zero-order valence-corrected chi connectivity index (χ0v) is 11.5. The minimum absolute atomic E-state index is 0.148. The molecule has 5 nitrogen and oxygen atoms in total. The average Bonchev–Trinajstić information content (AvgIpc) is 3.01. The number of aliphatic carboxylic acids is 1. The summed E-state index contributed by atoms with van der Waals surface area (Å²) in [6.45, 7) is 0. The van der Waals surface area contributed by atoms with Crippen molar-refractivity contribution >= 4 is 23.4 Å². The van der Waals surface area contributed by atoms with Crippen molar-refractivity contribution in [2.24, 2.45) is 17.8 Å². The van der Waals surface area contributed by atoms with E-state index in [2.05, 4.69) is 10.3 Å². The van der Waals surface area contributed by atoms with Gasteiger partial charge in [0.1, 0.15) is 16.9 Å². The summed E-state index contributed by atoms with van der Waals surface area (Å²) in [6, 6.07) is 3.40. The highest BCUT2D eigenvalue weighted by atomic mass is 35.5. The maximum Gasteiger partial charge on any atom is 0.308 e. The molecule has 2 aliphatic rings. The summed E-state index contributed by atoms with van der Waals surface area (Å²) < 4.78 is 0. The van der Waals surface area contributed by atoms with Gasteiger partial charge in [-0.25, -0.2) is 4.98 Å². The molecule has 2 N–H and O–H groups in total. The number of carbonyl (C=O) groups is 1. The molecule has 2 bridgehead atoms. The van der Waals surface area contributed by atoms with Crippen molar-refractivity contribution < 1.29 is 9.90 Å². The number of anilines is 1. The smallest absolute Gasteiger partial charge is 0.308 e. The molecule has 0 amide bonds. The monoisotopic (exact) mass is 291 g/mol. The zero-order valence-electron chi connectivity index (χ0n) is 10.7. The molecule has 0 saturated heterocycles. The van der Waals surface area contributed by atoms with Gasteiger partial charge in [-0.2, -0.15) is 5.26 Å². The van der Waals surface area contributed by atoms with Gasteiger partial charge in [-0.15, -0.1) is 0 Å². The molecule has 1 aromatic rings. The Morgan fingerprint density at radius 3 is 2.95 bits per heavy atom. The lowest BCUT2D eigenvalue weighted by Crippen LogP contribution is -2.39. The van der Waals surface area contributed by atoms with Crippen molar-refractivity contribution in [3.05, 3.63) is 22.8 Å². The maximum atomic E-state index is 11.5. The Morgan fingerprint density at radius 1 is 1.50 bits per heavy atom. The highest BCUT2D eigenvalue weighted by molar-refractivity contribution is 6.34. The molecule has 1 aromatic heterocycles. The van der Waals surface area contributed by atoms with Crippen LogP contribution in [-0.4, -0.2) is 22.1 Å². The van der Waals surface area contributed by atoms with E-state index in [4.69, 9.17) is 16.9 Å². The van der Waals surface area contributed by atoms with Crippen LogP contribution in [0.15, 0.2) is 12.3 Å². The number of aromatic nitrogens is 1. The number of nitrogens with zero attached hydrogens (tertiary/aromatic N) is 2.